The number of hydrogen-bond donors (Lipinski definition) is 0. The summed E-state index contributed by atoms with van der Waals surface area (Å²) in [5, 5.41) is 0. The van der Waals surface area contributed by atoms with E-state index in [1.807, 2.05) is 6.08 Å². The lowest BCUT2D eigenvalue weighted by Gasteiger charge is -2.33. The molecular formula is C33H36F8O2. The van der Waals surface area contributed by atoms with Gasteiger partial charge in [0, 0.05) is 11.6 Å². The van der Waals surface area contributed by atoms with E-state index in [2.05, 4.69) is 17.4 Å². The third-order valence-corrected chi connectivity index (χ3v) is 8.48. The minimum atomic E-state index is -5.11. The molecule has 236 valence electrons. The molecule has 2 aromatic carbocycles. The molecule has 0 aliphatic heterocycles. The number of alkyl halides is 5. The summed E-state index contributed by atoms with van der Waals surface area (Å²) in [6, 6.07) is 4.74. The van der Waals surface area contributed by atoms with Crippen molar-refractivity contribution in [3.63, 3.8) is 0 Å². The van der Waals surface area contributed by atoms with Crippen LogP contribution in [0.1, 0.15) is 81.3 Å². The highest BCUT2D eigenvalue weighted by Crippen LogP contribution is 2.42. The molecule has 0 amide bonds. The molecule has 10 heteroatoms. The van der Waals surface area contributed by atoms with Crippen LogP contribution in [0.25, 0.3) is 0 Å². The maximum atomic E-state index is 14.8. The third-order valence-electron chi connectivity index (χ3n) is 8.48. The van der Waals surface area contributed by atoms with Crippen molar-refractivity contribution in [1.29, 1.82) is 0 Å². The molecule has 4 rings (SSSR count). The lowest BCUT2D eigenvalue weighted by atomic mass is 9.76. The molecule has 0 heterocycles. The van der Waals surface area contributed by atoms with E-state index in [1.165, 1.54) is 12.1 Å². The van der Waals surface area contributed by atoms with E-state index in [0.29, 0.717) is 49.8 Å². The first-order valence-corrected chi connectivity index (χ1v) is 14.7. The zero-order valence-electron chi connectivity index (χ0n) is 23.8. The molecule has 2 nitrogen and oxygen atoms in total. The number of allylic oxidation sites excluding steroid dienone is 3. The van der Waals surface area contributed by atoms with Crippen LogP contribution < -0.4 is 9.47 Å². The van der Waals surface area contributed by atoms with E-state index < -0.39 is 47.3 Å². The smallest absolute Gasteiger partial charge is 0.432 e. The van der Waals surface area contributed by atoms with Gasteiger partial charge in [-0.05, 0) is 118 Å². The zero-order valence-corrected chi connectivity index (χ0v) is 23.8. The SMILES string of the molecule is C=CCCCc1cc(F)c(C2CCC(/C=C/C3CCC(C(F)(F)Oc4ccc(OC(F)(F)F)c(F)c4)CC3)CC2)c(F)c1. The van der Waals surface area contributed by atoms with Crippen LogP contribution in [0.4, 0.5) is 35.1 Å². The average Bonchev–Trinajstić information content (AvgIpc) is 2.93. The van der Waals surface area contributed by atoms with Crippen LogP contribution in [0, 0.1) is 35.2 Å². The molecule has 43 heavy (non-hydrogen) atoms. The Bertz CT molecular complexity index is 1230. The number of rotatable bonds is 11. The van der Waals surface area contributed by atoms with Crippen molar-refractivity contribution in [2.75, 3.05) is 0 Å². The Balaban J connectivity index is 1.23. The summed E-state index contributed by atoms with van der Waals surface area (Å²) >= 11 is 0. The van der Waals surface area contributed by atoms with Gasteiger partial charge in [0.1, 0.15) is 17.4 Å². The van der Waals surface area contributed by atoms with Gasteiger partial charge in [0.15, 0.2) is 11.6 Å². The van der Waals surface area contributed by atoms with Gasteiger partial charge < -0.3 is 9.47 Å². The van der Waals surface area contributed by atoms with Crippen molar-refractivity contribution in [2.45, 2.75) is 89.0 Å². The summed E-state index contributed by atoms with van der Waals surface area (Å²) in [7, 11) is 0. The van der Waals surface area contributed by atoms with Gasteiger partial charge in [-0.25, -0.2) is 13.2 Å². The Labute approximate surface area is 246 Å². The van der Waals surface area contributed by atoms with Crippen molar-refractivity contribution < 1.29 is 44.6 Å². The van der Waals surface area contributed by atoms with Gasteiger partial charge in [-0.15, -0.1) is 19.8 Å². The number of ether oxygens (including phenoxy) is 2. The molecule has 2 saturated carbocycles. The van der Waals surface area contributed by atoms with Crippen molar-refractivity contribution in [2.24, 2.45) is 17.8 Å². The highest BCUT2D eigenvalue weighted by molar-refractivity contribution is 5.33. The van der Waals surface area contributed by atoms with Crippen molar-refractivity contribution >= 4 is 0 Å². The van der Waals surface area contributed by atoms with Crippen LogP contribution in [0.15, 0.2) is 55.1 Å². The molecule has 2 fully saturated rings. The van der Waals surface area contributed by atoms with E-state index in [0.717, 1.165) is 31.7 Å². The molecule has 0 radical (unpaired) electrons. The summed E-state index contributed by atoms with van der Waals surface area (Å²) in [6.07, 6.45) is 3.59. The van der Waals surface area contributed by atoms with Gasteiger partial charge >= 0.3 is 12.5 Å². The Hall–Kier alpha value is -3.04. The van der Waals surface area contributed by atoms with Crippen LogP contribution in [-0.4, -0.2) is 12.5 Å². The summed E-state index contributed by atoms with van der Waals surface area (Å²) in [5.41, 5.74) is 0.823. The van der Waals surface area contributed by atoms with Gasteiger partial charge in [-0.2, -0.15) is 8.78 Å². The second-order valence-corrected chi connectivity index (χ2v) is 11.6. The van der Waals surface area contributed by atoms with Gasteiger partial charge in [-0.3, -0.25) is 0 Å². The van der Waals surface area contributed by atoms with Gasteiger partial charge in [0.25, 0.3) is 0 Å². The normalized spacial score (nSPS) is 23.3. The molecule has 2 aliphatic rings. The largest absolute Gasteiger partial charge is 0.573 e. The molecule has 0 spiro atoms. The quantitative estimate of drug-likeness (QED) is 0.142. The Morgan fingerprint density at radius 2 is 1.33 bits per heavy atom. The fraction of sp³-hybridized carbons (Fsp3) is 0.515. The second kappa shape index (κ2) is 14.2. The van der Waals surface area contributed by atoms with Crippen LogP contribution in [0.5, 0.6) is 11.5 Å². The molecule has 2 aromatic rings. The first-order chi connectivity index (χ1) is 20.3. The third kappa shape index (κ3) is 9.22. The average molecular weight is 617 g/mol. The number of hydrogen-bond acceptors (Lipinski definition) is 2. The van der Waals surface area contributed by atoms with Crippen LogP contribution in [-0.2, 0) is 6.42 Å². The number of benzene rings is 2. The highest BCUT2D eigenvalue weighted by atomic mass is 19.4. The van der Waals surface area contributed by atoms with Crippen molar-refractivity contribution in [3.05, 3.63) is 83.7 Å². The minimum absolute atomic E-state index is 0.101. The maximum absolute atomic E-state index is 14.8. The van der Waals surface area contributed by atoms with E-state index in [1.54, 1.807) is 6.08 Å². The monoisotopic (exact) mass is 616 g/mol. The topological polar surface area (TPSA) is 18.5 Å². The van der Waals surface area contributed by atoms with Crippen LogP contribution in [0.3, 0.4) is 0 Å². The number of aryl methyl sites for hydroxylation is 1. The van der Waals surface area contributed by atoms with Gasteiger partial charge in [0.05, 0.1) is 5.92 Å². The predicted octanol–water partition coefficient (Wildman–Crippen LogP) is 10.8. The lowest BCUT2D eigenvalue weighted by molar-refractivity contribution is -0.275. The van der Waals surface area contributed by atoms with E-state index in [4.69, 9.17) is 4.74 Å². The molecule has 2 aliphatic carbocycles. The van der Waals surface area contributed by atoms with E-state index in [-0.39, 0.29) is 36.2 Å². The minimum Gasteiger partial charge on any atom is -0.432 e. The van der Waals surface area contributed by atoms with Crippen LogP contribution >= 0.6 is 0 Å². The van der Waals surface area contributed by atoms with Gasteiger partial charge in [-0.1, -0.05) is 18.2 Å². The molecule has 0 bridgehead atoms. The number of unbranched alkanes of at least 4 members (excludes halogenated alkanes) is 1. The summed E-state index contributed by atoms with van der Waals surface area (Å²) < 4.78 is 118. The second-order valence-electron chi connectivity index (χ2n) is 11.6. The fourth-order valence-corrected chi connectivity index (χ4v) is 6.18. The summed E-state index contributed by atoms with van der Waals surface area (Å²) in [5.74, 6) is -5.10. The van der Waals surface area contributed by atoms with E-state index >= 15 is 0 Å². The number of halogens is 8. The first kappa shape index (κ1) is 32.9. The summed E-state index contributed by atoms with van der Waals surface area (Å²) in [6.45, 7) is 3.66. The maximum Gasteiger partial charge on any atom is 0.573 e. The van der Waals surface area contributed by atoms with Crippen molar-refractivity contribution in [1.82, 2.24) is 0 Å². The van der Waals surface area contributed by atoms with Crippen LogP contribution in [0.2, 0.25) is 0 Å². The lowest BCUT2D eigenvalue weighted by Crippen LogP contribution is -2.37. The molecule has 0 unspecified atom stereocenters. The summed E-state index contributed by atoms with van der Waals surface area (Å²) in [4.78, 5) is 0. The molecule has 0 N–H and O–H groups in total. The highest BCUT2D eigenvalue weighted by Gasteiger charge is 2.44. The molecule has 0 atom stereocenters. The molecule has 0 aromatic heterocycles. The molecule has 0 saturated heterocycles. The Morgan fingerprint density at radius 3 is 1.86 bits per heavy atom. The molecular weight excluding hydrogens is 580 g/mol. The first-order valence-electron chi connectivity index (χ1n) is 14.7. The Kier molecular flexibility index (Phi) is 10.8. The van der Waals surface area contributed by atoms with Gasteiger partial charge in [0.2, 0.25) is 0 Å². The standard InChI is InChI=1S/C33H36F8O2/c1-2-3-4-5-23-18-28(35)31(29(36)19-23)24-12-8-21(9-13-24)6-7-22-10-14-25(15-11-22)32(37,38)42-26-16-17-30(27(34)20-26)43-33(39,40)41/h2,6-7,16-22,24-25H,1,3-5,8-15H2/b7-6+. The predicted molar refractivity (Wildman–Crippen MR) is 147 cm³/mol. The zero-order chi connectivity index (χ0) is 31.2. The Morgan fingerprint density at radius 1 is 0.744 bits per heavy atom. The van der Waals surface area contributed by atoms with Crippen molar-refractivity contribution in [3.8, 4) is 11.5 Å². The fourth-order valence-electron chi connectivity index (χ4n) is 6.18. The van der Waals surface area contributed by atoms with E-state index in [9.17, 15) is 35.1 Å².